The van der Waals surface area contributed by atoms with Crippen LogP contribution in [0.25, 0.3) is 0 Å². The Labute approximate surface area is 166 Å². The van der Waals surface area contributed by atoms with Crippen LogP contribution in [0.1, 0.15) is 58.0 Å². The Morgan fingerprint density at radius 1 is 1.19 bits per heavy atom. The molecule has 1 unspecified atom stereocenters. The average Bonchev–Trinajstić information content (AvgIpc) is 3.26. The fourth-order valence-electron chi connectivity index (χ4n) is 4.17. The van der Waals surface area contributed by atoms with Crippen LogP contribution in [0.15, 0.2) is 4.99 Å². The van der Waals surface area contributed by atoms with Crippen LogP contribution in [0.4, 0.5) is 0 Å². The van der Waals surface area contributed by atoms with Gasteiger partial charge in [0.2, 0.25) is 0 Å². The fraction of sp³-hybridized carbons (Fsp3) is 0.810. The molecule has 1 atom stereocenters. The number of aromatic nitrogens is 2. The summed E-state index contributed by atoms with van der Waals surface area (Å²) >= 11 is 0. The van der Waals surface area contributed by atoms with Crippen molar-refractivity contribution in [1.82, 2.24) is 24.9 Å². The van der Waals surface area contributed by atoms with E-state index in [0.717, 1.165) is 64.0 Å². The molecule has 27 heavy (non-hydrogen) atoms. The van der Waals surface area contributed by atoms with Crippen LogP contribution in [0.2, 0.25) is 0 Å². The highest BCUT2D eigenvalue weighted by molar-refractivity contribution is 5.80. The largest absolute Gasteiger partial charge is 0.357 e. The molecule has 6 nitrogen and oxygen atoms in total. The maximum atomic E-state index is 5.01. The zero-order valence-electron chi connectivity index (χ0n) is 18.4. The van der Waals surface area contributed by atoms with E-state index in [1.807, 2.05) is 4.68 Å². The van der Waals surface area contributed by atoms with Gasteiger partial charge in [-0.1, -0.05) is 27.7 Å². The molecule has 0 bridgehead atoms. The van der Waals surface area contributed by atoms with Gasteiger partial charge in [-0.25, -0.2) is 4.99 Å². The van der Waals surface area contributed by atoms with E-state index in [4.69, 9.17) is 10.1 Å². The van der Waals surface area contributed by atoms with E-state index < -0.39 is 0 Å². The summed E-state index contributed by atoms with van der Waals surface area (Å²) < 4.78 is 2.03. The minimum atomic E-state index is 0.722. The molecule has 1 aromatic rings. The van der Waals surface area contributed by atoms with Crippen molar-refractivity contribution in [3.63, 3.8) is 0 Å². The van der Waals surface area contributed by atoms with Gasteiger partial charge in [0.05, 0.1) is 12.2 Å². The Hall–Kier alpha value is -1.56. The van der Waals surface area contributed by atoms with Crippen LogP contribution in [0, 0.1) is 5.92 Å². The number of likely N-dealkylation sites (tertiary alicyclic amines) is 1. The Kier molecular flexibility index (Phi) is 8.61. The van der Waals surface area contributed by atoms with Gasteiger partial charge >= 0.3 is 0 Å². The lowest BCUT2D eigenvalue weighted by Gasteiger charge is -2.24. The third-order valence-electron chi connectivity index (χ3n) is 5.75. The minimum Gasteiger partial charge on any atom is -0.357 e. The molecule has 2 rings (SSSR count). The first-order valence-corrected chi connectivity index (χ1v) is 10.9. The van der Waals surface area contributed by atoms with Crippen molar-refractivity contribution in [2.45, 2.75) is 60.4 Å². The molecule has 0 spiro atoms. The van der Waals surface area contributed by atoms with Crippen LogP contribution in [0.3, 0.4) is 0 Å². The average molecular weight is 377 g/mol. The third kappa shape index (κ3) is 5.47. The first-order chi connectivity index (χ1) is 13.1. The third-order valence-corrected chi connectivity index (χ3v) is 5.75. The second-order valence-electron chi connectivity index (χ2n) is 7.46. The molecule has 0 radical (unpaired) electrons. The Morgan fingerprint density at radius 2 is 1.93 bits per heavy atom. The van der Waals surface area contributed by atoms with Crippen LogP contribution in [-0.4, -0.2) is 64.8 Å². The fourth-order valence-corrected chi connectivity index (χ4v) is 4.17. The van der Waals surface area contributed by atoms with Gasteiger partial charge < -0.3 is 15.1 Å². The monoisotopic (exact) mass is 376 g/mol. The number of hydrogen-bond donors (Lipinski definition) is 1. The van der Waals surface area contributed by atoms with Crippen molar-refractivity contribution in [1.29, 1.82) is 0 Å². The van der Waals surface area contributed by atoms with Gasteiger partial charge in [-0.2, -0.15) is 5.10 Å². The lowest BCUT2D eigenvalue weighted by molar-refractivity contribution is 0.255. The predicted octanol–water partition coefficient (Wildman–Crippen LogP) is 2.67. The molecule has 2 heterocycles. The van der Waals surface area contributed by atoms with E-state index >= 15 is 0 Å². The maximum Gasteiger partial charge on any atom is 0.194 e. The van der Waals surface area contributed by atoms with Gasteiger partial charge in [0, 0.05) is 44.5 Å². The minimum absolute atomic E-state index is 0.722. The maximum absolute atomic E-state index is 5.01. The van der Waals surface area contributed by atoms with Crippen LogP contribution in [-0.2, 0) is 26.4 Å². The SMILES string of the molecule is CCNC(=NCc1c(CC)nn(C)c1CC)N1CCC(CN(CC)CC)C1. The number of rotatable bonds is 9. The van der Waals surface area contributed by atoms with Gasteiger partial charge in [0.25, 0.3) is 0 Å². The van der Waals surface area contributed by atoms with Crippen molar-refractivity contribution in [2.24, 2.45) is 18.0 Å². The Balaban J connectivity index is 2.09. The van der Waals surface area contributed by atoms with Gasteiger partial charge in [-0.05, 0) is 45.2 Å². The molecule has 1 fully saturated rings. The molecule has 1 saturated heterocycles. The zero-order chi connectivity index (χ0) is 19.8. The summed E-state index contributed by atoms with van der Waals surface area (Å²) in [5.41, 5.74) is 3.82. The molecule has 154 valence electrons. The van der Waals surface area contributed by atoms with E-state index in [2.05, 4.69) is 56.8 Å². The van der Waals surface area contributed by atoms with E-state index in [1.54, 1.807) is 0 Å². The Bertz CT molecular complexity index is 602. The lowest BCUT2D eigenvalue weighted by atomic mass is 10.1. The Morgan fingerprint density at radius 3 is 2.52 bits per heavy atom. The molecule has 1 aliphatic rings. The molecule has 0 saturated carbocycles. The summed E-state index contributed by atoms with van der Waals surface area (Å²) in [5, 5.41) is 8.21. The second kappa shape index (κ2) is 10.7. The van der Waals surface area contributed by atoms with Crippen LogP contribution in [0.5, 0.6) is 0 Å². The van der Waals surface area contributed by atoms with Gasteiger partial charge in [0.15, 0.2) is 5.96 Å². The van der Waals surface area contributed by atoms with Gasteiger partial charge in [-0.3, -0.25) is 4.68 Å². The summed E-state index contributed by atoms with van der Waals surface area (Å²) in [6.45, 7) is 18.4. The van der Waals surface area contributed by atoms with Gasteiger partial charge in [-0.15, -0.1) is 0 Å². The number of aryl methyl sites for hydroxylation is 2. The highest BCUT2D eigenvalue weighted by Crippen LogP contribution is 2.20. The molecule has 0 aliphatic carbocycles. The van der Waals surface area contributed by atoms with Crippen molar-refractivity contribution in [3.8, 4) is 0 Å². The number of guanidine groups is 1. The first kappa shape index (κ1) is 21.7. The first-order valence-electron chi connectivity index (χ1n) is 10.9. The summed E-state index contributed by atoms with van der Waals surface area (Å²) in [6, 6.07) is 0. The quantitative estimate of drug-likeness (QED) is 0.532. The number of nitrogens with zero attached hydrogens (tertiary/aromatic N) is 5. The van der Waals surface area contributed by atoms with Crippen molar-refractivity contribution in [2.75, 3.05) is 39.3 Å². The summed E-state index contributed by atoms with van der Waals surface area (Å²) in [7, 11) is 2.05. The van der Waals surface area contributed by atoms with E-state index in [0.29, 0.717) is 0 Å². The lowest BCUT2D eigenvalue weighted by Crippen LogP contribution is -2.41. The van der Waals surface area contributed by atoms with Crippen LogP contribution < -0.4 is 5.32 Å². The molecule has 0 amide bonds. The highest BCUT2D eigenvalue weighted by atomic mass is 15.3. The molecule has 6 heteroatoms. The number of nitrogens with one attached hydrogen (secondary N) is 1. The zero-order valence-corrected chi connectivity index (χ0v) is 18.4. The normalized spacial score (nSPS) is 18.0. The second-order valence-corrected chi connectivity index (χ2v) is 7.46. The topological polar surface area (TPSA) is 48.7 Å². The molecular formula is C21H40N6. The highest BCUT2D eigenvalue weighted by Gasteiger charge is 2.26. The van der Waals surface area contributed by atoms with E-state index in [9.17, 15) is 0 Å². The van der Waals surface area contributed by atoms with Crippen molar-refractivity contribution >= 4 is 5.96 Å². The standard InChI is InChI=1S/C21H40N6/c1-7-19-18(20(8-2)25(6)24-19)14-23-21(22-9-3)27-13-12-17(16-27)15-26(10-4)11-5/h17H,7-16H2,1-6H3,(H,22,23). The van der Waals surface area contributed by atoms with Crippen LogP contribution >= 0.6 is 0 Å². The van der Waals surface area contributed by atoms with Crippen molar-refractivity contribution < 1.29 is 0 Å². The number of aliphatic imine (C=N–C) groups is 1. The predicted molar refractivity (Wildman–Crippen MR) is 114 cm³/mol. The summed E-state index contributed by atoms with van der Waals surface area (Å²) in [5.74, 6) is 1.80. The van der Waals surface area contributed by atoms with Crippen molar-refractivity contribution in [3.05, 3.63) is 17.0 Å². The molecule has 1 aliphatic heterocycles. The number of hydrogen-bond acceptors (Lipinski definition) is 3. The molecule has 0 aromatic carbocycles. The summed E-state index contributed by atoms with van der Waals surface area (Å²) in [4.78, 5) is 10.0. The molecular weight excluding hydrogens is 336 g/mol. The molecule has 1 N–H and O–H groups in total. The van der Waals surface area contributed by atoms with E-state index in [-0.39, 0.29) is 0 Å². The smallest absolute Gasteiger partial charge is 0.194 e. The van der Waals surface area contributed by atoms with Gasteiger partial charge in [0.1, 0.15) is 0 Å². The summed E-state index contributed by atoms with van der Waals surface area (Å²) in [6.07, 6.45) is 3.22. The van der Waals surface area contributed by atoms with E-state index in [1.165, 1.54) is 29.9 Å². The molecule has 1 aromatic heterocycles.